The zero-order chi connectivity index (χ0) is 15.2. The predicted octanol–water partition coefficient (Wildman–Crippen LogP) is 0.326. The largest absolute Gasteiger partial charge is 1.00 e. The first-order valence-electron chi connectivity index (χ1n) is 6.50. The summed E-state index contributed by atoms with van der Waals surface area (Å²) < 4.78 is 61.3. The Morgan fingerprint density at radius 1 is 1.10 bits per heavy atom. The van der Waals surface area contributed by atoms with Crippen molar-refractivity contribution >= 4 is 12.4 Å². The first kappa shape index (κ1) is 21.4. The van der Waals surface area contributed by atoms with Crippen LogP contribution in [-0.2, 0) is 4.74 Å². The first-order chi connectivity index (χ1) is 9.30. The van der Waals surface area contributed by atoms with Crippen LogP contribution in [0.4, 0.5) is 17.3 Å². The fourth-order valence-electron chi connectivity index (χ4n) is 1.54. The Labute approximate surface area is 165 Å². The van der Waals surface area contributed by atoms with Crippen LogP contribution in [0.5, 0.6) is 5.75 Å². The molecule has 0 spiro atoms. The molecule has 1 aromatic carbocycles. The van der Waals surface area contributed by atoms with Crippen molar-refractivity contribution in [2.45, 2.75) is 20.3 Å². The van der Waals surface area contributed by atoms with Gasteiger partial charge in [-0.25, -0.2) is 4.39 Å². The standard InChI is InChI=1S/C13H18BF4O2.K/c1-10(2)5-6-19-7-8-20-13-4-3-11(15)9-12(13)14(16,17)18;/h3-4,9-10H,5-8H2,1-2H3;/q-1;+1. The smallest absolute Gasteiger partial charge is 0.494 e. The number of hydrogen-bond acceptors (Lipinski definition) is 2. The van der Waals surface area contributed by atoms with Crippen molar-refractivity contribution in [2.75, 3.05) is 19.8 Å². The summed E-state index contributed by atoms with van der Waals surface area (Å²) in [6, 6.07) is 2.39. The van der Waals surface area contributed by atoms with Crippen LogP contribution in [0.3, 0.4) is 0 Å². The van der Waals surface area contributed by atoms with E-state index in [1.54, 1.807) is 0 Å². The first-order valence-corrected chi connectivity index (χ1v) is 6.50. The van der Waals surface area contributed by atoms with Crippen LogP contribution in [0.1, 0.15) is 20.3 Å². The Hall–Kier alpha value is 0.401. The maximum absolute atomic E-state index is 12.9. The van der Waals surface area contributed by atoms with Crippen LogP contribution in [-0.4, -0.2) is 26.8 Å². The Morgan fingerprint density at radius 2 is 1.76 bits per heavy atom. The van der Waals surface area contributed by atoms with Crippen molar-refractivity contribution < 1.29 is 78.2 Å². The summed E-state index contributed by atoms with van der Waals surface area (Å²) in [4.78, 5) is 0. The molecule has 2 nitrogen and oxygen atoms in total. The van der Waals surface area contributed by atoms with Crippen LogP contribution in [0, 0.1) is 11.7 Å². The molecule has 0 radical (unpaired) electrons. The minimum Gasteiger partial charge on any atom is -0.494 e. The summed E-state index contributed by atoms with van der Waals surface area (Å²) in [6.45, 7) is -0.450. The molecule has 0 unspecified atom stereocenters. The molecule has 0 atom stereocenters. The predicted molar refractivity (Wildman–Crippen MR) is 70.9 cm³/mol. The van der Waals surface area contributed by atoms with Crippen LogP contribution in [0.2, 0.25) is 0 Å². The monoisotopic (exact) mass is 332 g/mol. The number of rotatable bonds is 8. The van der Waals surface area contributed by atoms with E-state index in [9.17, 15) is 17.3 Å². The summed E-state index contributed by atoms with van der Waals surface area (Å²) in [5.41, 5.74) is -1.05. The van der Waals surface area contributed by atoms with Gasteiger partial charge in [-0.15, -0.1) is 0 Å². The number of benzene rings is 1. The van der Waals surface area contributed by atoms with E-state index in [1.165, 1.54) is 0 Å². The van der Waals surface area contributed by atoms with Crippen molar-refractivity contribution in [1.82, 2.24) is 0 Å². The Balaban J connectivity index is 0.00000400. The van der Waals surface area contributed by atoms with Gasteiger partial charge in [-0.2, -0.15) is 0 Å². The minimum absolute atomic E-state index is 0. The van der Waals surface area contributed by atoms with Crippen LogP contribution in [0.15, 0.2) is 18.2 Å². The topological polar surface area (TPSA) is 18.5 Å². The molecule has 0 N–H and O–H groups in total. The molecule has 0 aliphatic carbocycles. The molecule has 0 aliphatic heterocycles. The summed E-state index contributed by atoms with van der Waals surface area (Å²) in [6.07, 6.45) is 0.882. The number of halogens is 4. The van der Waals surface area contributed by atoms with E-state index in [1.807, 2.05) is 0 Å². The average Bonchev–Trinajstić information content (AvgIpc) is 2.33. The molecule has 114 valence electrons. The van der Waals surface area contributed by atoms with E-state index < -0.39 is 18.3 Å². The molecule has 0 saturated heterocycles. The Kier molecular flexibility index (Phi) is 10.4. The van der Waals surface area contributed by atoms with E-state index in [2.05, 4.69) is 13.8 Å². The summed E-state index contributed by atoms with van der Waals surface area (Å²) in [5.74, 6) is -0.779. The van der Waals surface area contributed by atoms with Crippen molar-refractivity contribution in [3.05, 3.63) is 24.0 Å². The van der Waals surface area contributed by atoms with Gasteiger partial charge in [-0.3, -0.25) is 0 Å². The van der Waals surface area contributed by atoms with Gasteiger partial charge in [0.1, 0.15) is 12.4 Å². The number of hydrogen-bond donors (Lipinski definition) is 0. The number of ether oxygens (including phenoxy) is 2. The molecule has 0 amide bonds. The normalized spacial score (nSPS) is 11.4. The molecule has 0 aromatic heterocycles. The zero-order valence-electron chi connectivity index (χ0n) is 12.5. The second-order valence-corrected chi connectivity index (χ2v) is 4.90. The van der Waals surface area contributed by atoms with Crippen molar-refractivity contribution in [1.29, 1.82) is 0 Å². The van der Waals surface area contributed by atoms with Gasteiger partial charge in [0.25, 0.3) is 0 Å². The van der Waals surface area contributed by atoms with Gasteiger partial charge in [0.2, 0.25) is 0 Å². The van der Waals surface area contributed by atoms with Gasteiger partial charge in [-0.1, -0.05) is 19.3 Å². The van der Waals surface area contributed by atoms with Crippen LogP contribution in [0.25, 0.3) is 0 Å². The van der Waals surface area contributed by atoms with Crippen LogP contribution >= 0.6 is 0 Å². The molecule has 1 aromatic rings. The molecule has 0 aliphatic rings. The van der Waals surface area contributed by atoms with E-state index in [0.29, 0.717) is 18.6 Å². The van der Waals surface area contributed by atoms with Crippen molar-refractivity contribution in [3.8, 4) is 5.75 Å². The van der Waals surface area contributed by atoms with Gasteiger partial charge in [0, 0.05) is 6.61 Å². The summed E-state index contributed by atoms with van der Waals surface area (Å²) in [5, 5.41) is 0. The molecule has 0 bridgehead atoms. The fraction of sp³-hybridized carbons (Fsp3) is 0.538. The van der Waals surface area contributed by atoms with E-state index >= 15 is 0 Å². The maximum Gasteiger partial charge on any atom is 1.00 e. The molecule has 0 fully saturated rings. The van der Waals surface area contributed by atoms with Crippen LogP contribution < -0.4 is 61.6 Å². The van der Waals surface area contributed by atoms with Gasteiger partial charge in [0.15, 0.2) is 0 Å². The third-order valence-electron chi connectivity index (χ3n) is 2.65. The minimum atomic E-state index is -5.30. The second-order valence-electron chi connectivity index (χ2n) is 4.90. The Morgan fingerprint density at radius 3 is 2.33 bits per heavy atom. The molecular weight excluding hydrogens is 314 g/mol. The molecule has 8 heteroatoms. The van der Waals surface area contributed by atoms with Crippen molar-refractivity contribution in [2.24, 2.45) is 5.92 Å². The van der Waals surface area contributed by atoms with Crippen molar-refractivity contribution in [3.63, 3.8) is 0 Å². The second kappa shape index (κ2) is 10.2. The van der Waals surface area contributed by atoms with E-state index in [-0.39, 0.29) is 70.3 Å². The summed E-state index contributed by atoms with van der Waals surface area (Å²) >= 11 is 0. The molecule has 1 rings (SSSR count). The van der Waals surface area contributed by atoms with Gasteiger partial charge in [-0.05, 0) is 30.5 Å². The zero-order valence-corrected chi connectivity index (χ0v) is 15.7. The molecule has 0 heterocycles. The van der Waals surface area contributed by atoms with Gasteiger partial charge < -0.3 is 22.4 Å². The third-order valence-corrected chi connectivity index (χ3v) is 2.65. The average molecular weight is 332 g/mol. The SMILES string of the molecule is CC(C)CCOCCOc1ccc(F)cc1[B-](F)(F)F.[K+]. The van der Waals surface area contributed by atoms with Gasteiger partial charge in [0.05, 0.1) is 12.4 Å². The van der Waals surface area contributed by atoms with Gasteiger partial charge >= 0.3 is 58.4 Å². The molecular formula is C13H18BF4KO2. The maximum atomic E-state index is 12.9. The van der Waals surface area contributed by atoms with E-state index in [4.69, 9.17) is 9.47 Å². The fourth-order valence-corrected chi connectivity index (χ4v) is 1.54. The molecule has 0 saturated carbocycles. The summed E-state index contributed by atoms with van der Waals surface area (Å²) in [7, 11) is 0. The van der Waals surface area contributed by atoms with E-state index in [0.717, 1.165) is 18.6 Å². The quantitative estimate of drug-likeness (QED) is 0.388. The third kappa shape index (κ3) is 8.56. The Bertz CT molecular complexity index is 427. The molecule has 21 heavy (non-hydrogen) atoms.